The van der Waals surface area contributed by atoms with E-state index in [1.807, 2.05) is 0 Å². The van der Waals surface area contributed by atoms with Crippen molar-refractivity contribution in [2.24, 2.45) is 5.92 Å². The molecule has 0 saturated heterocycles. The average molecular weight is 389 g/mol. The first-order valence-electron chi connectivity index (χ1n) is 8.79. The van der Waals surface area contributed by atoms with E-state index >= 15 is 0 Å². The highest BCUT2D eigenvalue weighted by atomic mass is 19.1. The zero-order chi connectivity index (χ0) is 20.5. The number of amides is 1. The summed E-state index contributed by atoms with van der Waals surface area (Å²) in [5.74, 6) is -0.464. The highest BCUT2D eigenvalue weighted by molar-refractivity contribution is 5.79. The lowest BCUT2D eigenvalue weighted by Crippen LogP contribution is -2.39. The summed E-state index contributed by atoms with van der Waals surface area (Å²) in [6.07, 6.45) is 0. The molecular formula is C21H24FNO5. The maximum atomic E-state index is 13.1. The Kier molecular flexibility index (Phi) is 7.80. The van der Waals surface area contributed by atoms with E-state index in [1.165, 1.54) is 24.1 Å². The van der Waals surface area contributed by atoms with E-state index in [4.69, 9.17) is 14.2 Å². The number of methoxy groups -OCH3 is 2. The number of carbonyl (C=O) groups is 2. The van der Waals surface area contributed by atoms with Crippen LogP contribution in [-0.2, 0) is 20.9 Å². The van der Waals surface area contributed by atoms with Gasteiger partial charge in [0.05, 0.1) is 20.1 Å². The standard InChI is InChI=1S/C21H24FNO5/c1-15(21(25)27-3)12-23(13-16-7-9-17(22)10-8-16)20(24)14-28-19-6-4-5-18(11-19)26-2/h4-11,15H,12-14H2,1-3H3. The van der Waals surface area contributed by atoms with Crippen LogP contribution in [0.2, 0.25) is 0 Å². The molecule has 0 aromatic heterocycles. The highest BCUT2D eigenvalue weighted by Gasteiger charge is 2.22. The Hall–Kier alpha value is -3.09. The average Bonchev–Trinajstić information content (AvgIpc) is 2.72. The minimum absolute atomic E-state index is 0.157. The quantitative estimate of drug-likeness (QED) is 0.617. The summed E-state index contributed by atoms with van der Waals surface area (Å²) in [6.45, 7) is 1.86. The molecule has 0 aliphatic rings. The number of carbonyl (C=O) groups excluding carboxylic acids is 2. The van der Waals surface area contributed by atoms with E-state index in [1.54, 1.807) is 50.4 Å². The van der Waals surface area contributed by atoms with Crippen LogP contribution >= 0.6 is 0 Å². The topological polar surface area (TPSA) is 65.1 Å². The second-order valence-corrected chi connectivity index (χ2v) is 6.29. The van der Waals surface area contributed by atoms with Crippen molar-refractivity contribution in [2.75, 3.05) is 27.4 Å². The molecule has 0 spiro atoms. The highest BCUT2D eigenvalue weighted by Crippen LogP contribution is 2.19. The molecule has 0 N–H and O–H groups in total. The Morgan fingerprint density at radius 1 is 1.07 bits per heavy atom. The van der Waals surface area contributed by atoms with Crippen LogP contribution < -0.4 is 9.47 Å². The first-order chi connectivity index (χ1) is 13.4. The number of benzene rings is 2. The van der Waals surface area contributed by atoms with Crippen LogP contribution in [0.1, 0.15) is 12.5 Å². The molecule has 6 nitrogen and oxygen atoms in total. The van der Waals surface area contributed by atoms with Crippen molar-refractivity contribution in [3.05, 3.63) is 59.9 Å². The monoisotopic (exact) mass is 389 g/mol. The third-order valence-corrected chi connectivity index (χ3v) is 4.14. The summed E-state index contributed by atoms with van der Waals surface area (Å²) in [7, 11) is 2.85. The molecule has 1 atom stereocenters. The predicted octanol–water partition coefficient (Wildman–Crippen LogP) is 3.05. The summed E-state index contributed by atoms with van der Waals surface area (Å²) >= 11 is 0. The minimum atomic E-state index is -0.508. The van der Waals surface area contributed by atoms with Gasteiger partial charge in [0.1, 0.15) is 17.3 Å². The van der Waals surface area contributed by atoms with Gasteiger partial charge in [-0.1, -0.05) is 25.1 Å². The molecule has 28 heavy (non-hydrogen) atoms. The normalized spacial score (nSPS) is 11.4. The summed E-state index contributed by atoms with van der Waals surface area (Å²) in [4.78, 5) is 26.0. The molecule has 0 heterocycles. The number of halogens is 1. The maximum absolute atomic E-state index is 13.1. The van der Waals surface area contributed by atoms with Gasteiger partial charge in [-0.05, 0) is 29.8 Å². The lowest BCUT2D eigenvalue weighted by molar-refractivity contribution is -0.147. The molecule has 0 radical (unpaired) electrons. The van der Waals surface area contributed by atoms with E-state index in [0.29, 0.717) is 11.5 Å². The van der Waals surface area contributed by atoms with Crippen LogP contribution in [0, 0.1) is 11.7 Å². The third kappa shape index (κ3) is 6.26. The number of esters is 1. The Morgan fingerprint density at radius 2 is 1.75 bits per heavy atom. The van der Waals surface area contributed by atoms with E-state index < -0.39 is 11.9 Å². The van der Waals surface area contributed by atoms with Crippen molar-refractivity contribution in [1.29, 1.82) is 0 Å². The molecule has 150 valence electrons. The summed E-state index contributed by atoms with van der Waals surface area (Å²) in [5, 5.41) is 0. The smallest absolute Gasteiger partial charge is 0.310 e. The molecule has 2 aromatic rings. The van der Waals surface area contributed by atoms with E-state index in [9.17, 15) is 14.0 Å². The van der Waals surface area contributed by atoms with Crippen molar-refractivity contribution in [2.45, 2.75) is 13.5 Å². The predicted molar refractivity (Wildman–Crippen MR) is 101 cm³/mol. The third-order valence-electron chi connectivity index (χ3n) is 4.14. The molecule has 0 aliphatic carbocycles. The molecule has 2 aromatic carbocycles. The summed E-state index contributed by atoms with van der Waals surface area (Å²) in [6, 6.07) is 12.8. The fraction of sp³-hybridized carbons (Fsp3) is 0.333. The molecular weight excluding hydrogens is 365 g/mol. The zero-order valence-corrected chi connectivity index (χ0v) is 16.2. The van der Waals surface area contributed by atoms with Crippen molar-refractivity contribution >= 4 is 11.9 Å². The lowest BCUT2D eigenvalue weighted by Gasteiger charge is -2.25. The molecule has 2 rings (SSSR count). The largest absolute Gasteiger partial charge is 0.497 e. The number of rotatable bonds is 9. The Labute approximate surface area is 163 Å². The Bertz CT molecular complexity index is 794. The fourth-order valence-electron chi connectivity index (χ4n) is 2.60. The Morgan fingerprint density at radius 3 is 2.39 bits per heavy atom. The van der Waals surface area contributed by atoms with Crippen molar-refractivity contribution in [3.63, 3.8) is 0 Å². The molecule has 0 aliphatic heterocycles. The molecule has 0 saturated carbocycles. The molecule has 7 heteroatoms. The lowest BCUT2D eigenvalue weighted by atomic mass is 10.1. The van der Waals surface area contributed by atoms with Crippen LogP contribution in [0.5, 0.6) is 11.5 Å². The summed E-state index contributed by atoms with van der Waals surface area (Å²) < 4.78 is 28.6. The van der Waals surface area contributed by atoms with Crippen molar-refractivity contribution in [3.8, 4) is 11.5 Å². The second kappa shape index (κ2) is 10.3. The number of hydrogen-bond acceptors (Lipinski definition) is 5. The van der Waals surface area contributed by atoms with Crippen LogP contribution in [-0.4, -0.2) is 44.1 Å². The molecule has 0 bridgehead atoms. The maximum Gasteiger partial charge on any atom is 0.310 e. The first-order valence-corrected chi connectivity index (χ1v) is 8.79. The van der Waals surface area contributed by atoms with Crippen molar-refractivity contribution in [1.82, 2.24) is 4.90 Å². The molecule has 0 fully saturated rings. The second-order valence-electron chi connectivity index (χ2n) is 6.29. The number of ether oxygens (including phenoxy) is 3. The van der Waals surface area contributed by atoms with Gasteiger partial charge in [-0.15, -0.1) is 0 Å². The fourth-order valence-corrected chi connectivity index (χ4v) is 2.60. The van der Waals surface area contributed by atoms with Gasteiger partial charge in [0.2, 0.25) is 0 Å². The summed E-state index contributed by atoms with van der Waals surface area (Å²) in [5.41, 5.74) is 0.744. The van der Waals surface area contributed by atoms with Gasteiger partial charge in [0.15, 0.2) is 6.61 Å². The van der Waals surface area contributed by atoms with Gasteiger partial charge in [-0.2, -0.15) is 0 Å². The van der Waals surface area contributed by atoms with E-state index in [0.717, 1.165) is 5.56 Å². The first kappa shape index (κ1) is 21.2. The Balaban J connectivity index is 2.08. The van der Waals surface area contributed by atoms with E-state index in [-0.39, 0.29) is 31.4 Å². The zero-order valence-electron chi connectivity index (χ0n) is 16.2. The van der Waals surface area contributed by atoms with Gasteiger partial charge < -0.3 is 19.1 Å². The molecule has 1 amide bonds. The van der Waals surface area contributed by atoms with Crippen LogP contribution in [0.3, 0.4) is 0 Å². The van der Waals surface area contributed by atoms with Gasteiger partial charge >= 0.3 is 5.97 Å². The van der Waals surface area contributed by atoms with Crippen LogP contribution in [0.25, 0.3) is 0 Å². The van der Waals surface area contributed by atoms with Gasteiger partial charge in [-0.25, -0.2) is 4.39 Å². The number of hydrogen-bond donors (Lipinski definition) is 0. The van der Waals surface area contributed by atoms with E-state index in [2.05, 4.69) is 0 Å². The minimum Gasteiger partial charge on any atom is -0.497 e. The van der Waals surface area contributed by atoms with Gasteiger partial charge in [-0.3, -0.25) is 9.59 Å². The van der Waals surface area contributed by atoms with Crippen LogP contribution in [0.15, 0.2) is 48.5 Å². The van der Waals surface area contributed by atoms with Crippen LogP contribution in [0.4, 0.5) is 4.39 Å². The SMILES string of the molecule is COC(=O)C(C)CN(Cc1ccc(F)cc1)C(=O)COc1cccc(OC)c1. The molecule has 1 unspecified atom stereocenters. The van der Waals surface area contributed by atoms with Gasteiger partial charge in [0, 0.05) is 19.2 Å². The van der Waals surface area contributed by atoms with Gasteiger partial charge in [0.25, 0.3) is 5.91 Å². The van der Waals surface area contributed by atoms with Crippen molar-refractivity contribution < 1.29 is 28.2 Å². The number of nitrogens with zero attached hydrogens (tertiary/aromatic N) is 1.